The van der Waals surface area contributed by atoms with Crippen molar-refractivity contribution in [3.05, 3.63) is 90.5 Å². The Morgan fingerprint density at radius 2 is 1.88 bits per heavy atom. The summed E-state index contributed by atoms with van der Waals surface area (Å²) >= 11 is 20.5. The first-order chi connectivity index (χ1) is 15.4. The molecule has 0 atom stereocenters. The van der Waals surface area contributed by atoms with Crippen molar-refractivity contribution in [1.82, 2.24) is 14.5 Å². The predicted molar refractivity (Wildman–Crippen MR) is 130 cm³/mol. The van der Waals surface area contributed by atoms with Crippen molar-refractivity contribution in [2.75, 3.05) is 7.05 Å². The molecule has 0 aliphatic carbocycles. The summed E-state index contributed by atoms with van der Waals surface area (Å²) in [7, 11) is 1.70. The van der Waals surface area contributed by atoms with Gasteiger partial charge in [0.1, 0.15) is 11.0 Å². The molecule has 0 radical (unpaired) electrons. The van der Waals surface area contributed by atoms with Crippen LogP contribution in [0.2, 0.25) is 15.2 Å². The van der Waals surface area contributed by atoms with Crippen molar-refractivity contribution < 1.29 is 4.39 Å². The molecule has 2 heterocycles. The van der Waals surface area contributed by atoms with E-state index >= 15 is 0 Å². The molecule has 0 fully saturated rings. The van der Waals surface area contributed by atoms with Gasteiger partial charge in [-0.1, -0.05) is 46.9 Å². The number of hydrogen-bond donors (Lipinski definition) is 0. The van der Waals surface area contributed by atoms with Crippen molar-refractivity contribution in [1.29, 1.82) is 0 Å². The Kier molecular flexibility index (Phi) is 6.81. The van der Waals surface area contributed by atoms with Crippen molar-refractivity contribution in [2.45, 2.75) is 13.5 Å². The molecule has 0 bridgehead atoms. The Balaban J connectivity index is 1.70. The SMILES string of the molecule is CN=c1scc(-c2ccc(Cl)cc2Cl)n1N=Cc1c(C)nn(Cc2ccc(F)cc2)c1Cl. The molecule has 0 saturated carbocycles. The zero-order chi connectivity index (χ0) is 22.8. The summed E-state index contributed by atoms with van der Waals surface area (Å²) in [6.45, 7) is 2.27. The Labute approximate surface area is 203 Å². The quantitative estimate of drug-likeness (QED) is 0.293. The summed E-state index contributed by atoms with van der Waals surface area (Å²) in [5.74, 6) is -0.286. The Hall–Kier alpha value is -2.45. The molecule has 4 aromatic rings. The third kappa shape index (κ3) is 4.66. The number of rotatable bonds is 5. The highest BCUT2D eigenvalue weighted by Gasteiger charge is 2.14. The largest absolute Gasteiger partial charge is 0.261 e. The molecular weight excluding hydrogens is 492 g/mol. The van der Waals surface area contributed by atoms with E-state index in [9.17, 15) is 4.39 Å². The number of benzene rings is 2. The molecule has 2 aromatic heterocycles. The van der Waals surface area contributed by atoms with Gasteiger partial charge in [-0.15, -0.1) is 11.3 Å². The lowest BCUT2D eigenvalue weighted by Crippen LogP contribution is -2.11. The lowest BCUT2D eigenvalue weighted by atomic mass is 10.2. The summed E-state index contributed by atoms with van der Waals surface area (Å²) < 4.78 is 16.5. The van der Waals surface area contributed by atoms with Crippen molar-refractivity contribution in [2.24, 2.45) is 10.1 Å². The maximum atomic E-state index is 13.2. The average molecular weight is 509 g/mol. The average Bonchev–Trinajstić information content (AvgIpc) is 3.28. The predicted octanol–water partition coefficient (Wildman–Crippen LogP) is 6.28. The highest BCUT2D eigenvalue weighted by molar-refractivity contribution is 7.07. The van der Waals surface area contributed by atoms with Crippen LogP contribution >= 0.6 is 46.1 Å². The van der Waals surface area contributed by atoms with E-state index in [-0.39, 0.29) is 5.82 Å². The highest BCUT2D eigenvalue weighted by atomic mass is 35.5. The zero-order valence-corrected chi connectivity index (χ0v) is 20.1. The van der Waals surface area contributed by atoms with Gasteiger partial charge in [0.15, 0.2) is 0 Å². The topological polar surface area (TPSA) is 47.5 Å². The Morgan fingerprint density at radius 1 is 1.12 bits per heavy atom. The first-order valence-corrected chi connectivity index (χ1v) is 11.5. The first-order valence-electron chi connectivity index (χ1n) is 9.48. The Bertz CT molecular complexity index is 1370. The normalized spacial score (nSPS) is 12.2. The summed E-state index contributed by atoms with van der Waals surface area (Å²) in [5, 5.41) is 12.6. The molecule has 0 aliphatic rings. The van der Waals surface area contributed by atoms with Crippen molar-refractivity contribution >= 4 is 52.4 Å². The van der Waals surface area contributed by atoms with Crippen LogP contribution in [-0.4, -0.2) is 27.7 Å². The molecule has 4 rings (SSSR count). The van der Waals surface area contributed by atoms with E-state index in [1.165, 1.54) is 23.5 Å². The Morgan fingerprint density at radius 3 is 2.56 bits per heavy atom. The van der Waals surface area contributed by atoms with Crippen LogP contribution in [0.25, 0.3) is 11.3 Å². The summed E-state index contributed by atoms with van der Waals surface area (Å²) in [6, 6.07) is 11.5. The third-order valence-electron chi connectivity index (χ3n) is 4.74. The van der Waals surface area contributed by atoms with Crippen LogP contribution < -0.4 is 4.80 Å². The van der Waals surface area contributed by atoms with Gasteiger partial charge in [-0.05, 0) is 42.8 Å². The monoisotopic (exact) mass is 507 g/mol. The second-order valence-electron chi connectivity index (χ2n) is 6.88. The number of nitrogens with zero attached hydrogens (tertiary/aromatic N) is 5. The molecule has 0 aliphatic heterocycles. The number of hydrogen-bond acceptors (Lipinski definition) is 4. The molecule has 0 unspecified atom stereocenters. The van der Waals surface area contributed by atoms with Crippen molar-refractivity contribution in [3.8, 4) is 11.3 Å². The molecule has 0 saturated heterocycles. The van der Waals surface area contributed by atoms with Crippen LogP contribution in [0.5, 0.6) is 0 Å². The summed E-state index contributed by atoms with van der Waals surface area (Å²) in [6.07, 6.45) is 1.65. The van der Waals surface area contributed by atoms with Gasteiger partial charge in [0.2, 0.25) is 4.80 Å². The lowest BCUT2D eigenvalue weighted by molar-refractivity contribution is 0.624. The van der Waals surface area contributed by atoms with E-state index in [2.05, 4.69) is 15.2 Å². The minimum absolute atomic E-state index is 0.286. The van der Waals surface area contributed by atoms with Crippen molar-refractivity contribution in [3.63, 3.8) is 0 Å². The molecule has 2 aromatic carbocycles. The maximum absolute atomic E-state index is 13.2. The molecule has 32 heavy (non-hydrogen) atoms. The van der Waals surface area contributed by atoms with Crippen LogP contribution in [0, 0.1) is 12.7 Å². The van der Waals surface area contributed by atoms with Gasteiger partial charge in [0, 0.05) is 23.0 Å². The van der Waals surface area contributed by atoms with Gasteiger partial charge in [-0.3, -0.25) is 4.99 Å². The van der Waals surface area contributed by atoms with Crippen LogP contribution in [-0.2, 0) is 6.54 Å². The molecule has 0 amide bonds. The summed E-state index contributed by atoms with van der Waals surface area (Å²) in [4.78, 5) is 4.99. The number of halogens is 4. The summed E-state index contributed by atoms with van der Waals surface area (Å²) in [5.41, 5.74) is 3.86. The molecule has 10 heteroatoms. The standard InChI is InChI=1S/C22H17Cl3FN5S/c1-13-18(21(25)30(29-13)11-14-3-6-16(26)7-4-14)10-28-31-20(12-32-22(31)27-2)17-8-5-15(23)9-19(17)24/h3-10,12H,11H2,1-2H3. The lowest BCUT2D eigenvalue weighted by Gasteiger charge is -2.06. The van der Waals surface area contributed by atoms with Gasteiger partial charge in [-0.2, -0.15) is 10.2 Å². The first kappa shape index (κ1) is 22.7. The zero-order valence-electron chi connectivity index (χ0n) is 17.1. The second-order valence-corrected chi connectivity index (χ2v) is 8.92. The van der Waals surface area contributed by atoms with Crippen LogP contribution in [0.1, 0.15) is 16.8 Å². The molecule has 0 N–H and O–H groups in total. The number of aryl methyl sites for hydroxylation is 1. The van der Waals surface area contributed by atoms with Gasteiger partial charge in [0.25, 0.3) is 0 Å². The van der Waals surface area contributed by atoms with Gasteiger partial charge in [0.05, 0.1) is 34.7 Å². The van der Waals surface area contributed by atoms with E-state index in [0.717, 1.165) is 22.5 Å². The van der Waals surface area contributed by atoms with Crippen LogP contribution in [0.15, 0.2) is 57.9 Å². The van der Waals surface area contributed by atoms with Crippen LogP contribution in [0.3, 0.4) is 0 Å². The highest BCUT2D eigenvalue weighted by Crippen LogP contribution is 2.30. The van der Waals surface area contributed by atoms with Crippen LogP contribution in [0.4, 0.5) is 4.39 Å². The van der Waals surface area contributed by atoms with Gasteiger partial charge >= 0.3 is 0 Å². The fourth-order valence-electron chi connectivity index (χ4n) is 3.14. The smallest absolute Gasteiger partial charge is 0.205 e. The molecule has 164 valence electrons. The molecule has 5 nitrogen and oxygen atoms in total. The van der Waals surface area contributed by atoms with E-state index in [0.29, 0.717) is 32.1 Å². The second kappa shape index (κ2) is 9.58. The van der Waals surface area contributed by atoms with Gasteiger partial charge in [-0.25, -0.2) is 13.7 Å². The number of aromatic nitrogens is 3. The van der Waals surface area contributed by atoms with E-state index in [4.69, 9.17) is 34.8 Å². The minimum atomic E-state index is -0.286. The molecular formula is C22H17Cl3FN5S. The van der Waals surface area contributed by atoms with Gasteiger partial charge < -0.3 is 0 Å². The minimum Gasteiger partial charge on any atom is -0.261 e. The fraction of sp³-hybridized carbons (Fsp3) is 0.136. The third-order valence-corrected chi connectivity index (χ3v) is 6.59. The molecule has 0 spiro atoms. The maximum Gasteiger partial charge on any atom is 0.205 e. The van der Waals surface area contributed by atoms with E-state index < -0.39 is 0 Å². The van der Waals surface area contributed by atoms with E-state index in [1.54, 1.807) is 46.9 Å². The number of thiazole rings is 1. The van der Waals surface area contributed by atoms with E-state index in [1.807, 2.05) is 18.4 Å². The fourth-order valence-corrected chi connectivity index (χ4v) is 4.73.